The molecule has 0 spiro atoms. The first-order valence-corrected chi connectivity index (χ1v) is 7.21. The van der Waals surface area contributed by atoms with E-state index in [9.17, 15) is 4.79 Å². The molecule has 0 aliphatic carbocycles. The number of thiol groups is 1. The number of hydrogen-bond acceptors (Lipinski definition) is 3. The van der Waals surface area contributed by atoms with Crippen molar-refractivity contribution in [3.63, 3.8) is 0 Å². The van der Waals surface area contributed by atoms with E-state index in [1.165, 1.54) is 32.1 Å². The SMILES string of the molecule is CCCCCCCCOC(=O)CCCCS. The third-order valence-corrected chi connectivity index (χ3v) is 2.87. The number of ether oxygens (including phenoxy) is 1. The molecule has 0 aliphatic heterocycles. The first-order chi connectivity index (χ1) is 7.81. The second-order valence-corrected chi connectivity index (χ2v) is 4.62. The van der Waals surface area contributed by atoms with Crippen LogP contribution in [0.4, 0.5) is 0 Å². The van der Waals surface area contributed by atoms with Crippen LogP contribution in [-0.2, 0) is 9.53 Å². The molecule has 0 atom stereocenters. The molecule has 0 fully saturated rings. The average molecular weight is 246 g/mol. The molecular weight excluding hydrogens is 220 g/mol. The first-order valence-electron chi connectivity index (χ1n) is 6.57. The number of carbonyl (C=O) groups excluding carboxylic acids is 1. The standard InChI is InChI=1S/C13H26O2S/c1-2-3-4-5-6-8-11-15-13(14)10-7-9-12-16/h16H,2-12H2,1H3. The van der Waals surface area contributed by atoms with Gasteiger partial charge in [0.15, 0.2) is 0 Å². The van der Waals surface area contributed by atoms with Crippen molar-refractivity contribution in [2.24, 2.45) is 0 Å². The van der Waals surface area contributed by atoms with Crippen LogP contribution in [0.15, 0.2) is 0 Å². The van der Waals surface area contributed by atoms with Gasteiger partial charge >= 0.3 is 5.97 Å². The van der Waals surface area contributed by atoms with Crippen LogP contribution in [0.3, 0.4) is 0 Å². The molecule has 0 saturated carbocycles. The molecule has 0 saturated heterocycles. The van der Waals surface area contributed by atoms with E-state index in [0.717, 1.165) is 25.0 Å². The summed E-state index contributed by atoms with van der Waals surface area (Å²) in [7, 11) is 0. The molecule has 0 amide bonds. The predicted molar refractivity (Wildman–Crippen MR) is 72.0 cm³/mol. The van der Waals surface area contributed by atoms with Crippen molar-refractivity contribution in [1.29, 1.82) is 0 Å². The first kappa shape index (κ1) is 15.8. The summed E-state index contributed by atoms with van der Waals surface area (Å²) in [6, 6.07) is 0. The van der Waals surface area contributed by atoms with Gasteiger partial charge in [-0.2, -0.15) is 12.6 Å². The van der Waals surface area contributed by atoms with E-state index in [4.69, 9.17) is 4.74 Å². The summed E-state index contributed by atoms with van der Waals surface area (Å²) in [6.07, 6.45) is 9.83. The molecule has 0 aliphatic rings. The predicted octanol–water partition coefficient (Wildman–Crippen LogP) is 3.99. The number of unbranched alkanes of at least 4 members (excludes halogenated alkanes) is 6. The van der Waals surface area contributed by atoms with E-state index in [2.05, 4.69) is 19.6 Å². The van der Waals surface area contributed by atoms with Crippen molar-refractivity contribution in [3.8, 4) is 0 Å². The second kappa shape index (κ2) is 12.9. The molecule has 96 valence electrons. The Kier molecular flexibility index (Phi) is 12.7. The highest BCUT2D eigenvalue weighted by Gasteiger charge is 2.01. The van der Waals surface area contributed by atoms with Crippen LogP contribution in [0.25, 0.3) is 0 Å². The van der Waals surface area contributed by atoms with Crippen molar-refractivity contribution >= 4 is 18.6 Å². The van der Waals surface area contributed by atoms with Gasteiger partial charge < -0.3 is 4.74 Å². The minimum Gasteiger partial charge on any atom is -0.466 e. The van der Waals surface area contributed by atoms with Gasteiger partial charge in [0, 0.05) is 6.42 Å². The Balaban J connectivity index is 3.09. The van der Waals surface area contributed by atoms with Crippen LogP contribution in [0.1, 0.15) is 64.7 Å². The quantitative estimate of drug-likeness (QED) is 0.339. The summed E-state index contributed by atoms with van der Waals surface area (Å²) in [5, 5.41) is 0. The fourth-order valence-corrected chi connectivity index (χ4v) is 1.75. The summed E-state index contributed by atoms with van der Waals surface area (Å²) in [5.41, 5.74) is 0. The minimum absolute atomic E-state index is 0.0460. The van der Waals surface area contributed by atoms with Crippen molar-refractivity contribution in [3.05, 3.63) is 0 Å². The van der Waals surface area contributed by atoms with Crippen LogP contribution >= 0.6 is 12.6 Å². The van der Waals surface area contributed by atoms with Gasteiger partial charge in [-0.25, -0.2) is 0 Å². The zero-order valence-corrected chi connectivity index (χ0v) is 11.4. The molecule has 0 aromatic rings. The molecule has 0 unspecified atom stereocenters. The van der Waals surface area contributed by atoms with Gasteiger partial charge in [0.05, 0.1) is 6.61 Å². The van der Waals surface area contributed by atoms with Gasteiger partial charge in [0.25, 0.3) is 0 Å². The highest BCUT2D eigenvalue weighted by Crippen LogP contribution is 2.05. The van der Waals surface area contributed by atoms with Crippen molar-refractivity contribution in [1.82, 2.24) is 0 Å². The Hall–Kier alpha value is -0.180. The van der Waals surface area contributed by atoms with Gasteiger partial charge in [-0.3, -0.25) is 4.79 Å². The molecule has 0 heterocycles. The van der Waals surface area contributed by atoms with Gasteiger partial charge in [0.2, 0.25) is 0 Å². The Morgan fingerprint density at radius 2 is 1.69 bits per heavy atom. The Bertz CT molecular complexity index is 160. The zero-order valence-electron chi connectivity index (χ0n) is 10.5. The van der Waals surface area contributed by atoms with Crippen molar-refractivity contribution in [2.75, 3.05) is 12.4 Å². The van der Waals surface area contributed by atoms with Gasteiger partial charge in [-0.05, 0) is 25.0 Å². The molecule has 3 heteroatoms. The zero-order chi connectivity index (χ0) is 12.1. The highest BCUT2D eigenvalue weighted by atomic mass is 32.1. The van der Waals surface area contributed by atoms with Gasteiger partial charge in [-0.15, -0.1) is 0 Å². The largest absolute Gasteiger partial charge is 0.466 e. The van der Waals surface area contributed by atoms with E-state index >= 15 is 0 Å². The fraction of sp³-hybridized carbons (Fsp3) is 0.923. The molecule has 0 bridgehead atoms. The van der Waals surface area contributed by atoms with E-state index < -0.39 is 0 Å². The van der Waals surface area contributed by atoms with E-state index in [1.807, 2.05) is 0 Å². The lowest BCUT2D eigenvalue weighted by atomic mass is 10.1. The van der Waals surface area contributed by atoms with Gasteiger partial charge in [0.1, 0.15) is 0 Å². The lowest BCUT2D eigenvalue weighted by Gasteiger charge is -2.04. The molecule has 0 N–H and O–H groups in total. The maximum absolute atomic E-state index is 11.2. The molecule has 0 aromatic heterocycles. The van der Waals surface area contributed by atoms with E-state index in [1.54, 1.807) is 0 Å². The molecule has 0 radical (unpaired) electrons. The summed E-state index contributed by atoms with van der Waals surface area (Å²) >= 11 is 4.10. The van der Waals surface area contributed by atoms with E-state index in [-0.39, 0.29) is 5.97 Å². The van der Waals surface area contributed by atoms with Crippen LogP contribution in [0, 0.1) is 0 Å². The van der Waals surface area contributed by atoms with Crippen LogP contribution in [0.5, 0.6) is 0 Å². The Morgan fingerprint density at radius 1 is 1.00 bits per heavy atom. The number of hydrogen-bond donors (Lipinski definition) is 1. The Morgan fingerprint density at radius 3 is 2.38 bits per heavy atom. The topological polar surface area (TPSA) is 26.3 Å². The average Bonchev–Trinajstić information content (AvgIpc) is 2.28. The van der Waals surface area contributed by atoms with Crippen molar-refractivity contribution < 1.29 is 9.53 Å². The molecular formula is C13H26O2S. The Labute approximate surface area is 106 Å². The summed E-state index contributed by atoms with van der Waals surface area (Å²) in [5.74, 6) is 0.806. The molecule has 16 heavy (non-hydrogen) atoms. The summed E-state index contributed by atoms with van der Waals surface area (Å²) in [4.78, 5) is 11.2. The summed E-state index contributed by atoms with van der Waals surface area (Å²) in [6.45, 7) is 2.82. The monoisotopic (exact) mass is 246 g/mol. The lowest BCUT2D eigenvalue weighted by molar-refractivity contribution is -0.143. The maximum atomic E-state index is 11.2. The lowest BCUT2D eigenvalue weighted by Crippen LogP contribution is -2.05. The normalized spacial score (nSPS) is 10.4. The second-order valence-electron chi connectivity index (χ2n) is 4.17. The fourth-order valence-electron chi connectivity index (χ4n) is 1.52. The van der Waals surface area contributed by atoms with Crippen molar-refractivity contribution in [2.45, 2.75) is 64.7 Å². The summed E-state index contributed by atoms with van der Waals surface area (Å²) < 4.78 is 5.13. The molecule has 0 aromatic carbocycles. The highest BCUT2D eigenvalue weighted by molar-refractivity contribution is 7.80. The number of esters is 1. The third kappa shape index (κ3) is 11.9. The molecule has 2 nitrogen and oxygen atoms in total. The minimum atomic E-state index is -0.0460. The third-order valence-electron chi connectivity index (χ3n) is 2.55. The van der Waals surface area contributed by atoms with Crippen LogP contribution < -0.4 is 0 Å². The number of carbonyl (C=O) groups is 1. The molecule has 0 rings (SSSR count). The van der Waals surface area contributed by atoms with Gasteiger partial charge in [-0.1, -0.05) is 39.0 Å². The van der Waals surface area contributed by atoms with Crippen LogP contribution in [-0.4, -0.2) is 18.3 Å². The van der Waals surface area contributed by atoms with Crippen LogP contribution in [0.2, 0.25) is 0 Å². The maximum Gasteiger partial charge on any atom is 0.305 e. The number of rotatable bonds is 11. The smallest absolute Gasteiger partial charge is 0.305 e. The van der Waals surface area contributed by atoms with E-state index in [0.29, 0.717) is 13.0 Å².